The second kappa shape index (κ2) is 7.90. The molecule has 1 amide bonds. The number of nitrogens with zero attached hydrogens (tertiary/aromatic N) is 2. The molecule has 0 unspecified atom stereocenters. The van der Waals surface area contributed by atoms with E-state index < -0.39 is 0 Å². The molecule has 0 saturated heterocycles. The van der Waals surface area contributed by atoms with Crippen LogP contribution >= 0.6 is 0 Å². The Bertz CT molecular complexity index is 966. The van der Waals surface area contributed by atoms with E-state index in [2.05, 4.69) is 15.5 Å². The Morgan fingerprint density at radius 2 is 1.89 bits per heavy atom. The minimum Gasteiger partial charge on any atom is -0.497 e. The van der Waals surface area contributed by atoms with Gasteiger partial charge in [0.1, 0.15) is 11.5 Å². The number of hydrogen-bond acceptors (Lipinski definition) is 6. The topological polar surface area (TPSA) is 86.5 Å². The Kier molecular flexibility index (Phi) is 5.40. The highest BCUT2D eigenvalue weighted by Crippen LogP contribution is 2.33. The summed E-state index contributed by atoms with van der Waals surface area (Å²) in [6.45, 7) is 3.97. The van der Waals surface area contributed by atoms with Crippen LogP contribution in [0.2, 0.25) is 0 Å². The standard InChI is InChI=1S/C20H21N3O4/c1-12-5-6-13(2)14(9-12)10-18(24)21-20-23-22-19(27-20)16-11-15(25-3)7-8-17(16)26-4/h5-9,11H,10H2,1-4H3,(H,21,23,24). The van der Waals surface area contributed by atoms with Crippen molar-refractivity contribution in [2.24, 2.45) is 0 Å². The molecule has 7 heteroatoms. The zero-order valence-corrected chi connectivity index (χ0v) is 15.7. The number of carbonyl (C=O) groups excluding carboxylic acids is 1. The third-order valence-electron chi connectivity index (χ3n) is 4.16. The van der Waals surface area contributed by atoms with Crippen molar-refractivity contribution in [1.82, 2.24) is 10.2 Å². The predicted molar refractivity (Wildman–Crippen MR) is 101 cm³/mol. The average Bonchev–Trinajstić information content (AvgIpc) is 3.12. The van der Waals surface area contributed by atoms with Crippen LogP contribution in [0.3, 0.4) is 0 Å². The van der Waals surface area contributed by atoms with Gasteiger partial charge in [-0.05, 0) is 43.2 Å². The van der Waals surface area contributed by atoms with Gasteiger partial charge in [0.15, 0.2) is 0 Å². The molecule has 140 valence electrons. The molecule has 0 aliphatic heterocycles. The van der Waals surface area contributed by atoms with Crippen LogP contribution in [-0.4, -0.2) is 30.3 Å². The number of rotatable bonds is 6. The maximum absolute atomic E-state index is 12.3. The van der Waals surface area contributed by atoms with Gasteiger partial charge in [0.25, 0.3) is 5.89 Å². The van der Waals surface area contributed by atoms with Crippen LogP contribution in [0.15, 0.2) is 40.8 Å². The Morgan fingerprint density at radius 3 is 2.63 bits per heavy atom. The van der Waals surface area contributed by atoms with E-state index in [-0.39, 0.29) is 24.2 Å². The van der Waals surface area contributed by atoms with E-state index in [0.29, 0.717) is 17.1 Å². The molecule has 0 fully saturated rings. The number of aromatic nitrogens is 2. The molecule has 7 nitrogen and oxygen atoms in total. The van der Waals surface area contributed by atoms with Crippen molar-refractivity contribution in [2.75, 3.05) is 19.5 Å². The lowest BCUT2D eigenvalue weighted by Gasteiger charge is -2.07. The van der Waals surface area contributed by atoms with Gasteiger partial charge in [-0.1, -0.05) is 28.9 Å². The number of hydrogen-bond donors (Lipinski definition) is 1. The molecule has 27 heavy (non-hydrogen) atoms. The summed E-state index contributed by atoms with van der Waals surface area (Å²) >= 11 is 0. The quantitative estimate of drug-likeness (QED) is 0.717. The van der Waals surface area contributed by atoms with Crippen LogP contribution in [0.5, 0.6) is 11.5 Å². The summed E-state index contributed by atoms with van der Waals surface area (Å²) in [7, 11) is 3.12. The van der Waals surface area contributed by atoms with Gasteiger partial charge in [0.05, 0.1) is 26.2 Å². The van der Waals surface area contributed by atoms with Gasteiger partial charge in [-0.15, -0.1) is 5.10 Å². The fourth-order valence-corrected chi connectivity index (χ4v) is 2.69. The number of methoxy groups -OCH3 is 2. The van der Waals surface area contributed by atoms with Gasteiger partial charge >= 0.3 is 6.01 Å². The van der Waals surface area contributed by atoms with Crippen molar-refractivity contribution >= 4 is 11.9 Å². The second-order valence-electron chi connectivity index (χ2n) is 6.13. The van der Waals surface area contributed by atoms with Gasteiger partial charge in [0.2, 0.25) is 5.91 Å². The third kappa shape index (κ3) is 4.25. The first kappa shape index (κ1) is 18.4. The first-order valence-corrected chi connectivity index (χ1v) is 8.42. The monoisotopic (exact) mass is 367 g/mol. The number of benzene rings is 2. The fourth-order valence-electron chi connectivity index (χ4n) is 2.69. The zero-order chi connectivity index (χ0) is 19.4. The molecule has 1 aromatic heterocycles. The number of amides is 1. The molecule has 3 rings (SSSR count). The summed E-state index contributed by atoms with van der Waals surface area (Å²) in [5, 5.41) is 10.5. The molecule has 0 bridgehead atoms. The Balaban J connectivity index is 1.76. The molecular weight excluding hydrogens is 346 g/mol. The number of nitrogens with one attached hydrogen (secondary N) is 1. The third-order valence-corrected chi connectivity index (χ3v) is 4.16. The van der Waals surface area contributed by atoms with E-state index in [9.17, 15) is 4.79 Å². The molecule has 1 heterocycles. The predicted octanol–water partition coefficient (Wildman–Crippen LogP) is 3.55. The van der Waals surface area contributed by atoms with Crippen molar-refractivity contribution in [1.29, 1.82) is 0 Å². The van der Waals surface area contributed by atoms with Crippen molar-refractivity contribution < 1.29 is 18.7 Å². The van der Waals surface area contributed by atoms with Crippen LogP contribution in [-0.2, 0) is 11.2 Å². The largest absolute Gasteiger partial charge is 0.497 e. The van der Waals surface area contributed by atoms with E-state index in [4.69, 9.17) is 13.9 Å². The van der Waals surface area contributed by atoms with Crippen LogP contribution in [0.1, 0.15) is 16.7 Å². The van der Waals surface area contributed by atoms with Gasteiger partial charge in [-0.2, -0.15) is 0 Å². The van der Waals surface area contributed by atoms with E-state index >= 15 is 0 Å². The van der Waals surface area contributed by atoms with Gasteiger partial charge in [-0.3, -0.25) is 10.1 Å². The molecule has 2 aromatic carbocycles. The van der Waals surface area contributed by atoms with E-state index in [1.807, 2.05) is 32.0 Å². The highest BCUT2D eigenvalue weighted by atomic mass is 16.5. The number of ether oxygens (including phenoxy) is 2. The minimum absolute atomic E-state index is 0.0326. The second-order valence-corrected chi connectivity index (χ2v) is 6.13. The molecule has 3 aromatic rings. The minimum atomic E-state index is -0.225. The molecule has 0 atom stereocenters. The maximum Gasteiger partial charge on any atom is 0.322 e. The maximum atomic E-state index is 12.3. The summed E-state index contributed by atoms with van der Waals surface area (Å²) in [6, 6.07) is 11.3. The first-order valence-electron chi connectivity index (χ1n) is 8.42. The van der Waals surface area contributed by atoms with E-state index in [1.54, 1.807) is 32.4 Å². The van der Waals surface area contributed by atoms with Crippen molar-refractivity contribution in [3.8, 4) is 23.0 Å². The lowest BCUT2D eigenvalue weighted by Crippen LogP contribution is -2.15. The zero-order valence-electron chi connectivity index (χ0n) is 15.7. The lowest BCUT2D eigenvalue weighted by molar-refractivity contribution is -0.115. The summed E-state index contributed by atoms with van der Waals surface area (Å²) in [5.74, 6) is 1.20. The van der Waals surface area contributed by atoms with Crippen LogP contribution in [0.25, 0.3) is 11.5 Å². The van der Waals surface area contributed by atoms with Crippen molar-refractivity contribution in [3.63, 3.8) is 0 Å². The van der Waals surface area contributed by atoms with Crippen LogP contribution < -0.4 is 14.8 Å². The summed E-state index contributed by atoms with van der Waals surface area (Å²) in [5.41, 5.74) is 3.71. The normalized spacial score (nSPS) is 10.5. The Labute approximate surface area is 157 Å². The number of anilines is 1. The van der Waals surface area contributed by atoms with Crippen LogP contribution in [0.4, 0.5) is 6.01 Å². The number of aryl methyl sites for hydroxylation is 2. The molecule has 0 radical (unpaired) electrons. The summed E-state index contributed by atoms with van der Waals surface area (Å²) in [6.07, 6.45) is 0.230. The van der Waals surface area contributed by atoms with E-state index in [0.717, 1.165) is 16.7 Å². The molecule has 0 aliphatic rings. The van der Waals surface area contributed by atoms with E-state index in [1.165, 1.54) is 0 Å². The molecule has 0 saturated carbocycles. The fraction of sp³-hybridized carbons (Fsp3) is 0.250. The van der Waals surface area contributed by atoms with Gasteiger partial charge < -0.3 is 13.9 Å². The molecule has 0 spiro atoms. The lowest BCUT2D eigenvalue weighted by atomic mass is 10.0. The SMILES string of the molecule is COc1ccc(OC)c(-c2nnc(NC(=O)Cc3cc(C)ccc3C)o2)c1. The summed E-state index contributed by atoms with van der Waals surface area (Å²) in [4.78, 5) is 12.3. The Morgan fingerprint density at radius 1 is 1.07 bits per heavy atom. The Hall–Kier alpha value is -3.35. The smallest absolute Gasteiger partial charge is 0.322 e. The highest BCUT2D eigenvalue weighted by molar-refractivity contribution is 5.90. The van der Waals surface area contributed by atoms with Crippen molar-refractivity contribution in [3.05, 3.63) is 53.1 Å². The van der Waals surface area contributed by atoms with Crippen LogP contribution in [0, 0.1) is 13.8 Å². The van der Waals surface area contributed by atoms with Gasteiger partial charge in [0, 0.05) is 0 Å². The first-order chi connectivity index (χ1) is 13.0. The molecule has 1 N–H and O–H groups in total. The van der Waals surface area contributed by atoms with Gasteiger partial charge in [-0.25, -0.2) is 0 Å². The molecule has 0 aliphatic carbocycles. The number of carbonyl (C=O) groups is 1. The summed E-state index contributed by atoms with van der Waals surface area (Å²) < 4.78 is 16.1. The molecular formula is C20H21N3O4. The average molecular weight is 367 g/mol. The highest BCUT2D eigenvalue weighted by Gasteiger charge is 2.16. The van der Waals surface area contributed by atoms with Crippen molar-refractivity contribution in [2.45, 2.75) is 20.3 Å².